The van der Waals surface area contributed by atoms with Gasteiger partial charge in [-0.15, -0.1) is 22.7 Å². The molecule has 0 saturated heterocycles. The maximum Gasteiger partial charge on any atom is 0.358 e. The Labute approximate surface area is 165 Å². The van der Waals surface area contributed by atoms with Gasteiger partial charge in [0.05, 0.1) is 4.88 Å². The molecule has 0 radical (unpaired) electrons. The van der Waals surface area contributed by atoms with Crippen molar-refractivity contribution in [1.29, 1.82) is 0 Å². The van der Waals surface area contributed by atoms with Gasteiger partial charge in [-0.05, 0) is 42.8 Å². The number of fused-ring (bicyclic) bond motifs is 1. The summed E-state index contributed by atoms with van der Waals surface area (Å²) in [5.41, 5.74) is 2.30. The molecule has 1 amide bonds. The van der Waals surface area contributed by atoms with Crippen molar-refractivity contribution >= 4 is 40.2 Å². The van der Waals surface area contributed by atoms with Crippen molar-refractivity contribution in [2.45, 2.75) is 25.8 Å². The number of para-hydroxylation sites is 1. The fourth-order valence-corrected chi connectivity index (χ4v) is 4.82. The van der Waals surface area contributed by atoms with Crippen LogP contribution in [-0.4, -0.2) is 29.5 Å². The summed E-state index contributed by atoms with van der Waals surface area (Å²) in [5, 5.41) is 4.41. The Bertz CT molecular complexity index is 965. The van der Waals surface area contributed by atoms with Gasteiger partial charge in [0.2, 0.25) is 0 Å². The molecular formula is C20H18N2O3S2. The number of nitrogens with zero attached hydrogens (tertiary/aromatic N) is 2. The number of hydrogen-bond donors (Lipinski definition) is 0. The van der Waals surface area contributed by atoms with Crippen LogP contribution in [0.2, 0.25) is 0 Å². The molecule has 0 spiro atoms. The van der Waals surface area contributed by atoms with Gasteiger partial charge in [0, 0.05) is 17.1 Å². The molecule has 138 valence electrons. The molecule has 1 aliphatic rings. The molecule has 0 saturated carbocycles. The zero-order valence-corrected chi connectivity index (χ0v) is 16.4. The van der Waals surface area contributed by atoms with E-state index in [-0.39, 0.29) is 24.2 Å². The molecule has 3 heterocycles. The summed E-state index contributed by atoms with van der Waals surface area (Å²) >= 11 is 2.96. The molecule has 1 aromatic carbocycles. The Morgan fingerprint density at radius 2 is 2.07 bits per heavy atom. The molecule has 1 atom stereocenters. The van der Waals surface area contributed by atoms with Crippen LogP contribution in [0.4, 0.5) is 5.69 Å². The SMILES string of the molecule is CC1CCc2ccccc2N1C(=O)COC(=O)c1csc(-c2cccs2)n1. The maximum atomic E-state index is 12.7. The number of thiazole rings is 1. The second-order valence-electron chi connectivity index (χ2n) is 6.37. The number of rotatable bonds is 4. The third-order valence-electron chi connectivity index (χ3n) is 4.56. The van der Waals surface area contributed by atoms with Gasteiger partial charge in [0.1, 0.15) is 5.01 Å². The maximum absolute atomic E-state index is 12.7. The highest BCUT2D eigenvalue weighted by atomic mass is 32.1. The van der Waals surface area contributed by atoms with Gasteiger partial charge >= 0.3 is 5.97 Å². The van der Waals surface area contributed by atoms with Crippen molar-refractivity contribution < 1.29 is 14.3 Å². The number of carbonyl (C=O) groups is 2. The largest absolute Gasteiger partial charge is 0.451 e. The summed E-state index contributed by atoms with van der Waals surface area (Å²) in [5.74, 6) is -0.780. The van der Waals surface area contributed by atoms with Crippen molar-refractivity contribution in [3.63, 3.8) is 0 Å². The summed E-state index contributed by atoms with van der Waals surface area (Å²) in [6, 6.07) is 11.9. The van der Waals surface area contributed by atoms with E-state index in [4.69, 9.17) is 4.74 Å². The molecule has 27 heavy (non-hydrogen) atoms. The number of anilines is 1. The van der Waals surface area contributed by atoms with Crippen molar-refractivity contribution in [2.75, 3.05) is 11.5 Å². The first kappa shape index (κ1) is 17.9. The van der Waals surface area contributed by atoms with Crippen LogP contribution in [0.1, 0.15) is 29.4 Å². The first-order chi connectivity index (χ1) is 13.1. The van der Waals surface area contributed by atoms with Gasteiger partial charge in [-0.2, -0.15) is 0 Å². The number of aryl methyl sites for hydroxylation is 1. The van der Waals surface area contributed by atoms with Crippen molar-refractivity contribution in [1.82, 2.24) is 4.98 Å². The molecule has 1 aliphatic heterocycles. The van der Waals surface area contributed by atoms with Crippen molar-refractivity contribution in [3.8, 4) is 9.88 Å². The molecule has 3 aromatic rings. The molecule has 7 heteroatoms. The van der Waals surface area contributed by atoms with E-state index >= 15 is 0 Å². The summed E-state index contributed by atoms with van der Waals surface area (Å²) < 4.78 is 5.25. The second-order valence-corrected chi connectivity index (χ2v) is 8.18. The zero-order valence-electron chi connectivity index (χ0n) is 14.8. The Hall–Kier alpha value is -2.51. The van der Waals surface area contributed by atoms with Crippen molar-refractivity contribution in [3.05, 3.63) is 58.4 Å². The summed E-state index contributed by atoms with van der Waals surface area (Å²) in [4.78, 5) is 32.1. The van der Waals surface area contributed by atoms with E-state index < -0.39 is 5.97 Å². The van der Waals surface area contributed by atoms with Gasteiger partial charge < -0.3 is 9.64 Å². The Balaban J connectivity index is 1.43. The average molecular weight is 399 g/mol. The van der Waals surface area contributed by atoms with E-state index in [0.717, 1.165) is 34.0 Å². The van der Waals surface area contributed by atoms with Crippen LogP contribution in [0.3, 0.4) is 0 Å². The minimum atomic E-state index is -0.569. The molecule has 1 unspecified atom stereocenters. The number of hydrogen-bond acceptors (Lipinski definition) is 6. The van der Waals surface area contributed by atoms with Crippen LogP contribution < -0.4 is 4.90 Å². The number of thiophene rings is 1. The zero-order chi connectivity index (χ0) is 18.8. The number of benzene rings is 1. The van der Waals surface area contributed by atoms with E-state index in [1.807, 2.05) is 48.7 Å². The summed E-state index contributed by atoms with van der Waals surface area (Å²) in [7, 11) is 0. The van der Waals surface area contributed by atoms with Crippen LogP contribution in [0.15, 0.2) is 47.2 Å². The lowest BCUT2D eigenvalue weighted by Crippen LogP contribution is -2.44. The normalized spacial score (nSPS) is 16.0. The first-order valence-corrected chi connectivity index (χ1v) is 10.5. The van der Waals surface area contributed by atoms with E-state index in [2.05, 4.69) is 4.98 Å². The number of carbonyl (C=O) groups excluding carboxylic acids is 2. The van der Waals surface area contributed by atoms with E-state index in [1.165, 1.54) is 11.3 Å². The lowest BCUT2D eigenvalue weighted by atomic mass is 9.96. The van der Waals surface area contributed by atoms with Crippen LogP contribution in [0, 0.1) is 0 Å². The van der Waals surface area contributed by atoms with Gasteiger partial charge in [0.15, 0.2) is 12.3 Å². The number of esters is 1. The highest BCUT2D eigenvalue weighted by Crippen LogP contribution is 2.31. The third kappa shape index (κ3) is 3.65. The Kier molecular flexibility index (Phi) is 5.05. The highest BCUT2D eigenvalue weighted by molar-refractivity contribution is 7.20. The topological polar surface area (TPSA) is 59.5 Å². The van der Waals surface area contributed by atoms with Gasteiger partial charge in [-0.3, -0.25) is 4.79 Å². The predicted molar refractivity (Wildman–Crippen MR) is 107 cm³/mol. The van der Waals surface area contributed by atoms with Crippen molar-refractivity contribution in [2.24, 2.45) is 0 Å². The fourth-order valence-electron chi connectivity index (χ4n) is 3.22. The Morgan fingerprint density at radius 3 is 2.89 bits per heavy atom. The van der Waals surface area contributed by atoms with Crippen LogP contribution in [0.5, 0.6) is 0 Å². The monoisotopic (exact) mass is 398 g/mol. The lowest BCUT2D eigenvalue weighted by Gasteiger charge is -2.35. The Morgan fingerprint density at radius 1 is 1.22 bits per heavy atom. The fraction of sp³-hybridized carbons (Fsp3) is 0.250. The lowest BCUT2D eigenvalue weighted by molar-refractivity contribution is -0.122. The molecule has 0 fully saturated rings. The average Bonchev–Trinajstić information content (AvgIpc) is 3.37. The smallest absolute Gasteiger partial charge is 0.358 e. The van der Waals surface area contributed by atoms with E-state index in [1.54, 1.807) is 21.6 Å². The van der Waals surface area contributed by atoms with Crippen LogP contribution in [-0.2, 0) is 16.0 Å². The van der Waals surface area contributed by atoms with E-state index in [9.17, 15) is 9.59 Å². The predicted octanol–water partition coefficient (Wildman–Crippen LogP) is 4.40. The molecule has 4 rings (SSSR count). The van der Waals surface area contributed by atoms with E-state index in [0.29, 0.717) is 0 Å². The molecule has 0 N–H and O–H groups in total. The van der Waals surface area contributed by atoms with Gasteiger partial charge in [-0.1, -0.05) is 24.3 Å². The highest BCUT2D eigenvalue weighted by Gasteiger charge is 2.28. The van der Waals surface area contributed by atoms with Crippen LogP contribution >= 0.6 is 22.7 Å². The molecule has 0 bridgehead atoms. The number of ether oxygens (including phenoxy) is 1. The number of amides is 1. The molecule has 2 aromatic heterocycles. The minimum Gasteiger partial charge on any atom is -0.451 e. The minimum absolute atomic E-state index is 0.0794. The third-order valence-corrected chi connectivity index (χ3v) is 6.45. The van der Waals surface area contributed by atoms with Gasteiger partial charge in [0.25, 0.3) is 5.91 Å². The second kappa shape index (κ2) is 7.62. The summed E-state index contributed by atoms with van der Waals surface area (Å²) in [6.45, 7) is 1.73. The molecule has 0 aliphatic carbocycles. The van der Waals surface area contributed by atoms with Gasteiger partial charge in [-0.25, -0.2) is 9.78 Å². The molecule has 5 nitrogen and oxygen atoms in total. The first-order valence-electron chi connectivity index (χ1n) is 8.70. The van der Waals surface area contributed by atoms with Crippen LogP contribution in [0.25, 0.3) is 9.88 Å². The molecular weight excluding hydrogens is 380 g/mol. The quantitative estimate of drug-likeness (QED) is 0.612. The summed E-state index contributed by atoms with van der Waals surface area (Å²) in [6.07, 6.45) is 1.85. The standard InChI is InChI=1S/C20H18N2O3S2/c1-13-8-9-14-5-2-3-6-16(14)22(13)18(23)11-25-20(24)15-12-27-19(21-15)17-7-4-10-26-17/h2-7,10,12-13H,8-9,11H2,1H3. The number of aromatic nitrogens is 1.